The van der Waals surface area contributed by atoms with Gasteiger partial charge in [0.2, 0.25) is 0 Å². The Labute approximate surface area is 334 Å². The number of ether oxygens (including phenoxy) is 2. The van der Waals surface area contributed by atoms with Crippen molar-refractivity contribution < 1.29 is 45.4 Å². The minimum Gasteiger partial charge on any atom is -0.496 e. The molecule has 0 aromatic heterocycles. The number of alkyl halides is 6. The van der Waals surface area contributed by atoms with Crippen molar-refractivity contribution in [3.05, 3.63) is 46.5 Å². The van der Waals surface area contributed by atoms with E-state index in [1.54, 1.807) is 12.5 Å². The zero-order valence-electron chi connectivity index (χ0n) is 32.5. The molecular formula is C40H54F6N4O4S2. The Morgan fingerprint density at radius 3 is 1.23 bits per heavy atom. The van der Waals surface area contributed by atoms with E-state index in [0.717, 1.165) is 125 Å². The summed E-state index contributed by atoms with van der Waals surface area (Å²) in [6, 6.07) is 4.52. The normalized spacial score (nSPS) is 23.6. The van der Waals surface area contributed by atoms with E-state index in [1.807, 2.05) is 0 Å². The summed E-state index contributed by atoms with van der Waals surface area (Å²) in [6.45, 7) is 4.21. The van der Waals surface area contributed by atoms with Crippen molar-refractivity contribution in [1.29, 1.82) is 0 Å². The molecule has 2 heterocycles. The predicted molar refractivity (Wildman–Crippen MR) is 208 cm³/mol. The number of thioether (sulfide) groups is 2. The summed E-state index contributed by atoms with van der Waals surface area (Å²) in [6.07, 6.45) is 7.35. The Bertz CT molecular complexity index is 1480. The fourth-order valence-electron chi connectivity index (χ4n) is 8.66. The first-order valence-electron chi connectivity index (χ1n) is 19.5. The first kappa shape index (κ1) is 44.3. The molecule has 0 unspecified atom stereocenters. The summed E-state index contributed by atoms with van der Waals surface area (Å²) in [7, 11) is 2.59. The lowest BCUT2D eigenvalue weighted by Gasteiger charge is -2.38. The molecule has 16 heteroatoms. The van der Waals surface area contributed by atoms with Crippen LogP contribution in [-0.2, 0) is 12.4 Å². The van der Waals surface area contributed by atoms with Crippen LogP contribution in [-0.4, -0.2) is 98.7 Å². The number of nitrogens with zero attached hydrogens (tertiary/aromatic N) is 2. The average molecular weight is 833 g/mol. The van der Waals surface area contributed by atoms with Gasteiger partial charge in [-0.15, -0.1) is 23.5 Å². The second kappa shape index (κ2) is 19.8. The minimum absolute atomic E-state index is 0.0149. The molecule has 6 rings (SSSR count). The van der Waals surface area contributed by atoms with Crippen molar-refractivity contribution in [3.63, 3.8) is 0 Å². The van der Waals surface area contributed by atoms with Crippen molar-refractivity contribution >= 4 is 35.3 Å². The maximum atomic E-state index is 13.2. The van der Waals surface area contributed by atoms with Gasteiger partial charge in [0, 0.05) is 34.0 Å². The number of carbonyl (C=O) groups is 2. The molecule has 2 aliphatic carbocycles. The van der Waals surface area contributed by atoms with Crippen LogP contribution in [0.4, 0.5) is 26.3 Å². The molecule has 0 radical (unpaired) electrons. The zero-order valence-corrected chi connectivity index (χ0v) is 34.2. The molecule has 4 atom stereocenters. The summed E-state index contributed by atoms with van der Waals surface area (Å²) in [5.41, 5.74) is -1.24. The molecular weight excluding hydrogens is 779 g/mol. The Morgan fingerprint density at radius 1 is 0.589 bits per heavy atom. The molecule has 2 N–H and O–H groups in total. The van der Waals surface area contributed by atoms with Gasteiger partial charge in [-0.3, -0.25) is 19.4 Å². The van der Waals surface area contributed by atoms with E-state index in [2.05, 4.69) is 20.4 Å². The molecule has 8 nitrogen and oxygen atoms in total. The molecule has 0 spiro atoms. The van der Waals surface area contributed by atoms with Gasteiger partial charge in [0.1, 0.15) is 11.5 Å². The Kier molecular flexibility index (Phi) is 15.6. The molecule has 2 saturated carbocycles. The third-order valence-corrected chi connectivity index (χ3v) is 13.0. The molecule has 2 aromatic carbocycles. The maximum Gasteiger partial charge on any atom is 0.416 e. The van der Waals surface area contributed by atoms with Crippen LogP contribution in [0.15, 0.2) is 34.1 Å². The zero-order chi connectivity index (χ0) is 40.6. The minimum atomic E-state index is -4.49. The summed E-state index contributed by atoms with van der Waals surface area (Å²) in [5.74, 6) is -0.785. The molecule has 4 fully saturated rings. The summed E-state index contributed by atoms with van der Waals surface area (Å²) < 4.78 is 89.4. The molecule has 2 aromatic rings. The number of likely N-dealkylation sites (tertiary alicyclic amines) is 2. The summed E-state index contributed by atoms with van der Waals surface area (Å²) in [5, 5.41) is 6.23. The highest BCUT2D eigenvalue weighted by molar-refractivity contribution is 7.99. The van der Waals surface area contributed by atoms with E-state index in [1.165, 1.54) is 39.9 Å². The summed E-state index contributed by atoms with van der Waals surface area (Å²) >= 11 is 2.24. The highest BCUT2D eigenvalue weighted by Crippen LogP contribution is 2.40. The van der Waals surface area contributed by atoms with Crippen molar-refractivity contribution in [2.75, 3.05) is 52.9 Å². The number of methoxy groups -OCH3 is 2. The molecule has 2 amide bonds. The van der Waals surface area contributed by atoms with Crippen LogP contribution >= 0.6 is 23.5 Å². The molecule has 2 aliphatic heterocycles. The van der Waals surface area contributed by atoms with Crippen molar-refractivity contribution in [1.82, 2.24) is 20.4 Å². The third-order valence-electron chi connectivity index (χ3n) is 11.4. The number of nitrogens with one attached hydrogen (secondary N) is 2. The van der Waals surface area contributed by atoms with Crippen molar-refractivity contribution in [2.45, 2.75) is 123 Å². The van der Waals surface area contributed by atoms with Gasteiger partial charge in [0.25, 0.3) is 11.8 Å². The molecule has 2 saturated heterocycles. The van der Waals surface area contributed by atoms with Crippen LogP contribution in [0.5, 0.6) is 11.5 Å². The maximum absolute atomic E-state index is 13.2. The number of amides is 2. The quantitative estimate of drug-likeness (QED) is 0.181. The van der Waals surface area contributed by atoms with Gasteiger partial charge in [-0.2, -0.15) is 26.3 Å². The van der Waals surface area contributed by atoms with Crippen LogP contribution in [0.1, 0.15) is 109 Å². The fourth-order valence-corrected chi connectivity index (χ4v) is 9.94. The Morgan fingerprint density at radius 2 is 0.929 bits per heavy atom. The van der Waals surface area contributed by atoms with Gasteiger partial charge in [0.05, 0.1) is 36.5 Å². The smallest absolute Gasteiger partial charge is 0.416 e. The third kappa shape index (κ3) is 10.8. The number of hydrogen-bond donors (Lipinski definition) is 2. The number of carbonyl (C=O) groups excluding carboxylic acids is 2. The Hall–Kier alpha value is -2.82. The van der Waals surface area contributed by atoms with E-state index in [9.17, 15) is 35.9 Å². The van der Waals surface area contributed by atoms with Crippen molar-refractivity contribution in [3.8, 4) is 11.5 Å². The average Bonchev–Trinajstić information content (AvgIpc) is 3.93. The van der Waals surface area contributed by atoms with Gasteiger partial charge in [-0.25, -0.2) is 0 Å². The highest BCUT2D eigenvalue weighted by atomic mass is 32.2. The lowest BCUT2D eigenvalue weighted by Crippen LogP contribution is -2.52. The van der Waals surface area contributed by atoms with Gasteiger partial charge < -0.3 is 20.1 Å². The number of hydrogen-bond acceptors (Lipinski definition) is 8. The monoisotopic (exact) mass is 832 g/mol. The molecule has 4 aliphatic rings. The first-order chi connectivity index (χ1) is 26.7. The lowest BCUT2D eigenvalue weighted by atomic mass is 9.89. The number of halogens is 6. The van der Waals surface area contributed by atoms with Crippen LogP contribution in [0.25, 0.3) is 0 Å². The SMILES string of the molecule is COc1cc(C(F)(F)F)cc(SC)c1C(=O)N[C@@H]1CCCC[C@@H]1N1CCCC1.COc1cc(C(F)(F)F)cc(SC)c1C(=O)N[C@@H]1CCCC[C@@H]1N1CCCC1. The van der Waals surface area contributed by atoms with E-state index in [-0.39, 0.29) is 56.3 Å². The highest BCUT2D eigenvalue weighted by Gasteiger charge is 2.38. The van der Waals surface area contributed by atoms with E-state index < -0.39 is 23.5 Å². The van der Waals surface area contributed by atoms with Gasteiger partial charge >= 0.3 is 12.4 Å². The topological polar surface area (TPSA) is 83.1 Å². The van der Waals surface area contributed by atoms with Gasteiger partial charge in [-0.05, 0) is 114 Å². The summed E-state index contributed by atoms with van der Waals surface area (Å²) in [4.78, 5) is 31.6. The fraction of sp³-hybridized carbons (Fsp3) is 0.650. The Balaban J connectivity index is 0.000000214. The van der Waals surface area contributed by atoms with Gasteiger partial charge in [-0.1, -0.05) is 25.7 Å². The second-order valence-corrected chi connectivity index (χ2v) is 16.6. The molecule has 56 heavy (non-hydrogen) atoms. The van der Waals surface area contributed by atoms with Gasteiger partial charge in [0.15, 0.2) is 0 Å². The van der Waals surface area contributed by atoms with Crippen molar-refractivity contribution in [2.24, 2.45) is 0 Å². The van der Waals surface area contributed by atoms with Crippen LogP contribution in [0, 0.1) is 0 Å². The molecule has 0 bridgehead atoms. The number of rotatable bonds is 10. The van der Waals surface area contributed by atoms with E-state index in [4.69, 9.17) is 9.47 Å². The van der Waals surface area contributed by atoms with Crippen LogP contribution in [0.2, 0.25) is 0 Å². The standard InChI is InChI=1S/2C20H27F3N2O2S/c2*1-27-16-11-13(20(21,22)23)12-17(28-2)18(16)19(26)24-14-7-3-4-8-15(14)25-9-5-6-10-25/h2*11-12,14-15H,3-10H2,1-2H3,(H,24,26)/t2*14-,15+/m11/s1. The number of benzene rings is 2. The van der Waals surface area contributed by atoms with E-state index >= 15 is 0 Å². The first-order valence-corrected chi connectivity index (χ1v) is 21.9. The van der Waals surface area contributed by atoms with E-state index in [0.29, 0.717) is 12.1 Å². The predicted octanol–water partition coefficient (Wildman–Crippen LogP) is 9.15. The lowest BCUT2D eigenvalue weighted by molar-refractivity contribution is -0.138. The van der Waals surface area contributed by atoms with Crippen LogP contribution in [0.3, 0.4) is 0 Å². The largest absolute Gasteiger partial charge is 0.496 e. The van der Waals surface area contributed by atoms with Crippen LogP contribution < -0.4 is 20.1 Å². The second-order valence-electron chi connectivity index (χ2n) is 14.9. The molecule has 312 valence electrons.